The lowest BCUT2D eigenvalue weighted by Crippen LogP contribution is -2.36. The van der Waals surface area contributed by atoms with Gasteiger partial charge in [-0.2, -0.15) is 0 Å². The Morgan fingerprint density at radius 2 is 0.757 bits per heavy atom. The summed E-state index contributed by atoms with van der Waals surface area (Å²) in [6.45, 7) is 12.6. The summed E-state index contributed by atoms with van der Waals surface area (Å²) in [5, 5.41) is 0. The van der Waals surface area contributed by atoms with Gasteiger partial charge in [0.15, 0.2) is 0 Å². The van der Waals surface area contributed by atoms with Crippen molar-refractivity contribution in [1.82, 2.24) is 4.90 Å². The molecule has 1 amide bonds. The van der Waals surface area contributed by atoms with Crippen LogP contribution in [0.2, 0.25) is 0 Å². The van der Waals surface area contributed by atoms with Crippen LogP contribution in [-0.2, 0) is 4.74 Å². The van der Waals surface area contributed by atoms with E-state index in [4.69, 9.17) is 4.74 Å². The molecule has 222 valence electrons. The number of hydrogen-bond donors (Lipinski definition) is 0. The summed E-state index contributed by atoms with van der Waals surface area (Å²) in [6, 6.07) is 0. The molecule has 1 unspecified atom stereocenters. The molecule has 3 heteroatoms. The van der Waals surface area contributed by atoms with E-state index >= 15 is 0 Å². The van der Waals surface area contributed by atoms with Gasteiger partial charge >= 0.3 is 6.09 Å². The number of ether oxygens (including phenoxy) is 1. The molecular formula is C34H69NO2. The van der Waals surface area contributed by atoms with Crippen LogP contribution >= 0.6 is 0 Å². The van der Waals surface area contributed by atoms with Crippen molar-refractivity contribution in [2.24, 2.45) is 5.92 Å². The Morgan fingerprint density at radius 3 is 1.03 bits per heavy atom. The molecule has 1 atom stereocenters. The number of carbonyl (C=O) groups is 1. The fourth-order valence-corrected chi connectivity index (χ4v) is 4.95. The summed E-state index contributed by atoms with van der Waals surface area (Å²) in [5.41, 5.74) is 0. The minimum absolute atomic E-state index is 0.0149. The Hall–Kier alpha value is -0.730. The Morgan fingerprint density at radius 1 is 0.486 bits per heavy atom. The zero-order valence-corrected chi connectivity index (χ0v) is 26.3. The van der Waals surface area contributed by atoms with E-state index in [9.17, 15) is 4.79 Å². The van der Waals surface area contributed by atoms with Crippen LogP contribution in [0.1, 0.15) is 189 Å². The van der Waals surface area contributed by atoms with E-state index in [-0.39, 0.29) is 12.2 Å². The van der Waals surface area contributed by atoms with Crippen molar-refractivity contribution in [1.29, 1.82) is 0 Å². The number of carbonyl (C=O) groups excluding carboxylic acids is 1. The topological polar surface area (TPSA) is 29.5 Å². The lowest BCUT2D eigenvalue weighted by Gasteiger charge is -2.25. The van der Waals surface area contributed by atoms with Crippen molar-refractivity contribution in [3.05, 3.63) is 0 Å². The van der Waals surface area contributed by atoms with Gasteiger partial charge in [0.1, 0.15) is 6.10 Å². The summed E-state index contributed by atoms with van der Waals surface area (Å²) >= 11 is 0. The van der Waals surface area contributed by atoms with Crippen molar-refractivity contribution in [3.63, 3.8) is 0 Å². The molecule has 0 radical (unpaired) electrons. The van der Waals surface area contributed by atoms with E-state index in [1.807, 2.05) is 11.8 Å². The first-order valence-electron chi connectivity index (χ1n) is 17.0. The Labute approximate surface area is 234 Å². The maximum Gasteiger partial charge on any atom is 0.410 e. The van der Waals surface area contributed by atoms with E-state index in [0.29, 0.717) is 5.92 Å². The molecule has 0 heterocycles. The second-order valence-electron chi connectivity index (χ2n) is 12.1. The first kappa shape index (κ1) is 36.3. The Kier molecular flexibility index (Phi) is 27.7. The molecule has 0 saturated carbocycles. The third-order valence-corrected chi connectivity index (χ3v) is 8.05. The van der Waals surface area contributed by atoms with Crippen LogP contribution in [0.3, 0.4) is 0 Å². The third kappa shape index (κ3) is 25.3. The minimum atomic E-state index is -0.0904. The highest BCUT2D eigenvalue weighted by atomic mass is 16.6. The average molecular weight is 524 g/mol. The summed E-state index contributed by atoms with van der Waals surface area (Å²) < 4.78 is 5.78. The van der Waals surface area contributed by atoms with Gasteiger partial charge in [-0.1, -0.05) is 169 Å². The molecule has 0 bridgehead atoms. The molecule has 0 N–H and O–H groups in total. The standard InChI is InChI=1S/C34H69NO2/c1-6-8-10-12-14-16-18-20-22-24-26-28-30-35(34(36)37-33(5)32(3)4)31-29-27-25-23-21-19-17-15-13-11-9-7-2/h32-33H,6-31H2,1-5H3. The summed E-state index contributed by atoms with van der Waals surface area (Å²) in [6.07, 6.45) is 32.3. The highest BCUT2D eigenvalue weighted by Gasteiger charge is 2.19. The lowest BCUT2D eigenvalue weighted by molar-refractivity contribution is 0.0499. The predicted octanol–water partition coefficient (Wildman–Crippen LogP) is 11.9. The Bertz CT molecular complexity index is 437. The second kappa shape index (κ2) is 28.3. The van der Waals surface area contributed by atoms with Gasteiger partial charge in [-0.25, -0.2) is 4.79 Å². The first-order valence-corrected chi connectivity index (χ1v) is 17.0. The summed E-state index contributed by atoms with van der Waals surface area (Å²) in [5.74, 6) is 0.365. The highest BCUT2D eigenvalue weighted by Crippen LogP contribution is 2.15. The number of nitrogens with zero attached hydrogens (tertiary/aromatic N) is 1. The van der Waals surface area contributed by atoms with E-state index in [1.165, 1.54) is 141 Å². The minimum Gasteiger partial charge on any atom is -0.446 e. The van der Waals surface area contributed by atoms with Gasteiger partial charge in [-0.05, 0) is 25.7 Å². The molecule has 0 rings (SSSR count). The molecule has 0 aromatic carbocycles. The largest absolute Gasteiger partial charge is 0.446 e. The number of rotatable bonds is 28. The van der Waals surface area contributed by atoms with Crippen LogP contribution < -0.4 is 0 Å². The van der Waals surface area contributed by atoms with Crippen LogP contribution in [0, 0.1) is 5.92 Å². The smallest absolute Gasteiger partial charge is 0.410 e. The third-order valence-electron chi connectivity index (χ3n) is 8.05. The molecule has 0 saturated heterocycles. The van der Waals surface area contributed by atoms with Crippen LogP contribution in [0.25, 0.3) is 0 Å². The molecule has 0 aromatic heterocycles. The molecule has 0 spiro atoms. The van der Waals surface area contributed by atoms with Crippen LogP contribution in [0.5, 0.6) is 0 Å². The number of unbranched alkanes of at least 4 members (excludes halogenated alkanes) is 22. The Balaban J connectivity index is 3.97. The molecule has 0 aliphatic carbocycles. The van der Waals surface area contributed by atoms with Gasteiger partial charge < -0.3 is 9.64 Å². The van der Waals surface area contributed by atoms with Gasteiger partial charge in [-0.15, -0.1) is 0 Å². The van der Waals surface area contributed by atoms with Gasteiger partial charge in [0.2, 0.25) is 0 Å². The van der Waals surface area contributed by atoms with Crippen molar-refractivity contribution >= 4 is 6.09 Å². The van der Waals surface area contributed by atoms with Crippen LogP contribution in [0.4, 0.5) is 4.79 Å². The lowest BCUT2D eigenvalue weighted by atomic mass is 10.0. The fraction of sp³-hybridized carbons (Fsp3) is 0.971. The van der Waals surface area contributed by atoms with Crippen molar-refractivity contribution in [2.75, 3.05) is 13.1 Å². The van der Waals surface area contributed by atoms with Crippen molar-refractivity contribution in [3.8, 4) is 0 Å². The van der Waals surface area contributed by atoms with Crippen molar-refractivity contribution in [2.45, 2.75) is 195 Å². The number of hydrogen-bond acceptors (Lipinski definition) is 2. The molecule has 0 aromatic rings. The normalized spacial score (nSPS) is 12.3. The van der Waals surface area contributed by atoms with Gasteiger partial charge in [0, 0.05) is 13.1 Å². The van der Waals surface area contributed by atoms with Crippen molar-refractivity contribution < 1.29 is 9.53 Å². The maximum atomic E-state index is 12.8. The SMILES string of the molecule is CCCCCCCCCCCCCCN(CCCCCCCCCCCCCC)C(=O)OC(C)C(C)C. The first-order chi connectivity index (χ1) is 18.0. The predicted molar refractivity (Wildman–Crippen MR) is 165 cm³/mol. The highest BCUT2D eigenvalue weighted by molar-refractivity contribution is 5.67. The quantitative estimate of drug-likeness (QED) is 0.0954. The van der Waals surface area contributed by atoms with E-state index in [0.717, 1.165) is 25.9 Å². The summed E-state index contributed by atoms with van der Waals surface area (Å²) in [7, 11) is 0. The average Bonchev–Trinajstić information content (AvgIpc) is 2.88. The van der Waals surface area contributed by atoms with E-state index in [2.05, 4.69) is 27.7 Å². The zero-order valence-electron chi connectivity index (χ0n) is 26.3. The second-order valence-corrected chi connectivity index (χ2v) is 12.1. The molecular weight excluding hydrogens is 454 g/mol. The summed E-state index contributed by atoms with van der Waals surface area (Å²) in [4.78, 5) is 14.8. The van der Waals surface area contributed by atoms with Crippen LogP contribution in [-0.4, -0.2) is 30.2 Å². The monoisotopic (exact) mass is 524 g/mol. The van der Waals surface area contributed by atoms with E-state index < -0.39 is 0 Å². The maximum absolute atomic E-state index is 12.8. The molecule has 3 nitrogen and oxygen atoms in total. The van der Waals surface area contributed by atoms with Gasteiger partial charge in [0.25, 0.3) is 0 Å². The molecule has 0 aliphatic heterocycles. The van der Waals surface area contributed by atoms with Gasteiger partial charge in [-0.3, -0.25) is 0 Å². The van der Waals surface area contributed by atoms with E-state index in [1.54, 1.807) is 0 Å². The van der Waals surface area contributed by atoms with Gasteiger partial charge in [0.05, 0.1) is 0 Å². The molecule has 0 fully saturated rings. The van der Waals surface area contributed by atoms with Crippen LogP contribution in [0.15, 0.2) is 0 Å². The number of amides is 1. The molecule has 37 heavy (non-hydrogen) atoms. The zero-order chi connectivity index (χ0) is 27.4. The fourth-order valence-electron chi connectivity index (χ4n) is 4.95. The molecule has 0 aliphatic rings.